The molecule has 0 aromatic heterocycles. The van der Waals surface area contributed by atoms with E-state index in [0.717, 1.165) is 108 Å². The third kappa shape index (κ3) is 17.1. The summed E-state index contributed by atoms with van der Waals surface area (Å²) in [5.74, 6) is 4.30. The Kier molecular flexibility index (Phi) is 25.6. The van der Waals surface area contributed by atoms with Crippen molar-refractivity contribution in [1.29, 1.82) is 0 Å². The van der Waals surface area contributed by atoms with E-state index in [1.807, 2.05) is 0 Å². The van der Waals surface area contributed by atoms with Crippen molar-refractivity contribution in [2.45, 2.75) is 130 Å². The molecule has 10 nitrogen and oxygen atoms in total. The molecule has 62 heavy (non-hydrogen) atoms. The van der Waals surface area contributed by atoms with E-state index < -0.39 is 0 Å². The zero-order valence-corrected chi connectivity index (χ0v) is 39.3. The van der Waals surface area contributed by atoms with Gasteiger partial charge in [-0.25, -0.2) is 0 Å². The van der Waals surface area contributed by atoms with E-state index in [0.29, 0.717) is 102 Å². The summed E-state index contributed by atoms with van der Waals surface area (Å²) in [6.07, 6.45) is 17.8. The van der Waals surface area contributed by atoms with Crippen LogP contribution in [0.5, 0.6) is 34.5 Å². The molecule has 0 saturated carbocycles. The molecule has 0 fully saturated rings. The number of methoxy groups -OCH3 is 2. The van der Waals surface area contributed by atoms with Gasteiger partial charge < -0.3 is 47.4 Å². The number of hydrogen-bond donors (Lipinski definition) is 0. The standard InChI is InChI=1S/C52H80O10/c1-7-11-15-19-23-57-47-35-41-42(36-48(47)58-24-20-16-12-8-2)46-40-52(62-34-32-56-30-28-54-6)50(60-26-22-18-14-10-4)38-44(46)43-37-49(59-25-21-17-13-9-3)51(39-45(41)43)61-33-31-55-29-27-53-5/h35-40H,7-34H2,1-6H3. The fraction of sp³-hybridized carbons (Fsp3) is 0.654. The first kappa shape index (κ1) is 50.9. The number of fused-ring (bicyclic) bond motifs is 6. The van der Waals surface area contributed by atoms with Gasteiger partial charge in [0.05, 0.1) is 66.1 Å². The first-order chi connectivity index (χ1) is 30.6. The second-order valence-corrected chi connectivity index (χ2v) is 16.1. The van der Waals surface area contributed by atoms with E-state index in [4.69, 9.17) is 47.4 Å². The molecular formula is C52H80O10. The van der Waals surface area contributed by atoms with Crippen molar-refractivity contribution >= 4 is 32.3 Å². The van der Waals surface area contributed by atoms with Crippen LogP contribution < -0.4 is 28.4 Å². The van der Waals surface area contributed by atoms with Crippen LogP contribution >= 0.6 is 0 Å². The Hall–Kier alpha value is -3.70. The molecule has 0 radical (unpaired) electrons. The molecule has 0 aliphatic heterocycles. The van der Waals surface area contributed by atoms with Gasteiger partial charge in [-0.1, -0.05) is 105 Å². The lowest BCUT2D eigenvalue weighted by Crippen LogP contribution is -2.11. The second kappa shape index (κ2) is 31.2. The maximum atomic E-state index is 6.62. The van der Waals surface area contributed by atoms with E-state index in [9.17, 15) is 0 Å². The van der Waals surface area contributed by atoms with Gasteiger partial charge in [0.2, 0.25) is 0 Å². The summed E-state index contributed by atoms with van der Waals surface area (Å²) in [7, 11) is 3.35. The highest BCUT2D eigenvalue weighted by Crippen LogP contribution is 2.47. The molecule has 0 atom stereocenters. The Bertz CT molecular complexity index is 1660. The number of unbranched alkanes of at least 4 members (excludes halogenated alkanes) is 12. The topological polar surface area (TPSA) is 92.3 Å². The van der Waals surface area contributed by atoms with E-state index in [-0.39, 0.29) is 0 Å². The molecular weight excluding hydrogens is 785 g/mol. The Labute approximate surface area is 373 Å². The molecule has 0 saturated heterocycles. The number of rotatable bonds is 38. The van der Waals surface area contributed by atoms with Gasteiger partial charge in [-0.3, -0.25) is 0 Å². The molecule has 4 rings (SSSR count). The van der Waals surface area contributed by atoms with Crippen molar-refractivity contribution < 1.29 is 47.4 Å². The summed E-state index contributed by atoms with van der Waals surface area (Å²) in [5.41, 5.74) is 0. The highest BCUT2D eigenvalue weighted by atomic mass is 16.6. The van der Waals surface area contributed by atoms with E-state index in [2.05, 4.69) is 64.1 Å². The molecule has 4 aromatic rings. The summed E-state index contributed by atoms with van der Waals surface area (Å²) in [4.78, 5) is 0. The summed E-state index contributed by atoms with van der Waals surface area (Å²) in [6, 6.07) is 12.9. The van der Waals surface area contributed by atoms with Crippen LogP contribution in [-0.4, -0.2) is 93.5 Å². The number of hydrogen-bond acceptors (Lipinski definition) is 10. The summed E-state index contributed by atoms with van der Waals surface area (Å²) in [6.45, 7) is 15.1. The molecule has 0 heterocycles. The molecule has 4 aromatic carbocycles. The number of benzene rings is 4. The van der Waals surface area contributed by atoms with Gasteiger partial charge in [-0.2, -0.15) is 0 Å². The van der Waals surface area contributed by atoms with Crippen LogP contribution in [-0.2, 0) is 18.9 Å². The molecule has 0 N–H and O–H groups in total. The predicted octanol–water partition coefficient (Wildman–Crippen LogP) is 13.1. The molecule has 348 valence electrons. The molecule has 0 aliphatic rings. The normalized spacial score (nSPS) is 11.5. The average molecular weight is 865 g/mol. The lowest BCUT2D eigenvalue weighted by Gasteiger charge is -2.21. The monoisotopic (exact) mass is 865 g/mol. The fourth-order valence-corrected chi connectivity index (χ4v) is 7.45. The summed E-state index contributed by atoms with van der Waals surface area (Å²) < 4.78 is 61.4. The van der Waals surface area contributed by atoms with Crippen molar-refractivity contribution in [2.24, 2.45) is 0 Å². The third-order valence-corrected chi connectivity index (χ3v) is 11.0. The Morgan fingerprint density at radius 2 is 0.484 bits per heavy atom. The van der Waals surface area contributed by atoms with Gasteiger partial charge >= 0.3 is 0 Å². The molecule has 0 aliphatic carbocycles. The highest BCUT2D eigenvalue weighted by Gasteiger charge is 2.21. The largest absolute Gasteiger partial charge is 0.490 e. The molecule has 0 bridgehead atoms. The third-order valence-electron chi connectivity index (χ3n) is 11.0. The Morgan fingerprint density at radius 1 is 0.258 bits per heavy atom. The van der Waals surface area contributed by atoms with Crippen LogP contribution in [0.3, 0.4) is 0 Å². The lowest BCUT2D eigenvalue weighted by atomic mass is 9.93. The summed E-state index contributed by atoms with van der Waals surface area (Å²) >= 11 is 0. The van der Waals surface area contributed by atoms with E-state index in [1.165, 1.54) is 38.5 Å². The van der Waals surface area contributed by atoms with Crippen LogP contribution in [0.25, 0.3) is 32.3 Å². The zero-order valence-electron chi connectivity index (χ0n) is 39.3. The van der Waals surface area contributed by atoms with Crippen molar-refractivity contribution in [1.82, 2.24) is 0 Å². The van der Waals surface area contributed by atoms with Crippen molar-refractivity contribution in [3.63, 3.8) is 0 Å². The number of ether oxygens (including phenoxy) is 10. The SMILES string of the molecule is CCCCCCOc1cc2c(cc1OCCCCCC)c1cc(OCCOCCOC)c(OCCCCCC)cc1c1cc(OCCCCCC)c(OCCOCCOC)cc21. The van der Waals surface area contributed by atoms with Gasteiger partial charge in [0.25, 0.3) is 0 Å². The van der Waals surface area contributed by atoms with Gasteiger partial charge in [0.15, 0.2) is 34.5 Å². The highest BCUT2D eigenvalue weighted by molar-refractivity contribution is 6.26. The first-order valence-electron chi connectivity index (χ1n) is 24.0. The van der Waals surface area contributed by atoms with E-state index >= 15 is 0 Å². The van der Waals surface area contributed by atoms with Crippen LogP contribution in [0.1, 0.15) is 130 Å². The molecule has 10 heteroatoms. The maximum absolute atomic E-state index is 6.62. The van der Waals surface area contributed by atoms with E-state index in [1.54, 1.807) is 14.2 Å². The molecule has 0 amide bonds. The lowest BCUT2D eigenvalue weighted by molar-refractivity contribution is 0.0538. The Morgan fingerprint density at radius 3 is 0.710 bits per heavy atom. The zero-order chi connectivity index (χ0) is 44.0. The molecule has 0 unspecified atom stereocenters. The minimum Gasteiger partial charge on any atom is -0.490 e. The molecule has 0 spiro atoms. The van der Waals surface area contributed by atoms with Crippen LogP contribution in [0, 0.1) is 0 Å². The van der Waals surface area contributed by atoms with Crippen LogP contribution in [0.2, 0.25) is 0 Å². The van der Waals surface area contributed by atoms with Gasteiger partial charge in [-0.05, 0) is 94.4 Å². The maximum Gasteiger partial charge on any atom is 0.161 e. The fourth-order valence-electron chi connectivity index (χ4n) is 7.45. The van der Waals surface area contributed by atoms with Gasteiger partial charge in [0, 0.05) is 14.2 Å². The quantitative estimate of drug-likeness (QED) is 0.0320. The Balaban J connectivity index is 1.93. The smallest absolute Gasteiger partial charge is 0.161 e. The first-order valence-corrected chi connectivity index (χ1v) is 24.0. The minimum atomic E-state index is 0.376. The average Bonchev–Trinajstić information content (AvgIpc) is 3.28. The van der Waals surface area contributed by atoms with Crippen LogP contribution in [0.4, 0.5) is 0 Å². The van der Waals surface area contributed by atoms with Crippen molar-refractivity contribution in [2.75, 3.05) is 93.5 Å². The second-order valence-electron chi connectivity index (χ2n) is 16.1. The minimum absolute atomic E-state index is 0.376. The van der Waals surface area contributed by atoms with Crippen molar-refractivity contribution in [3.8, 4) is 34.5 Å². The van der Waals surface area contributed by atoms with Crippen molar-refractivity contribution in [3.05, 3.63) is 36.4 Å². The van der Waals surface area contributed by atoms with Gasteiger partial charge in [0.1, 0.15) is 13.2 Å². The predicted molar refractivity (Wildman–Crippen MR) is 254 cm³/mol. The van der Waals surface area contributed by atoms with Crippen LogP contribution in [0.15, 0.2) is 36.4 Å². The summed E-state index contributed by atoms with van der Waals surface area (Å²) in [5, 5.41) is 6.19. The van der Waals surface area contributed by atoms with Gasteiger partial charge in [-0.15, -0.1) is 0 Å².